The molecule has 0 saturated carbocycles. The number of carboxylic acid groups (broad SMARTS) is 1. The third-order valence-electron chi connectivity index (χ3n) is 4.26. The predicted molar refractivity (Wildman–Crippen MR) is 75.9 cm³/mol. The summed E-state index contributed by atoms with van der Waals surface area (Å²) in [6.45, 7) is 5.73. The molecule has 1 saturated heterocycles. The lowest BCUT2D eigenvalue weighted by Crippen LogP contribution is -2.27. The highest BCUT2D eigenvalue weighted by Crippen LogP contribution is 2.46. The first-order valence-corrected chi connectivity index (χ1v) is 7.19. The van der Waals surface area contributed by atoms with Crippen LogP contribution in [0.4, 0.5) is 8.78 Å². The van der Waals surface area contributed by atoms with E-state index in [1.807, 2.05) is 20.8 Å². The van der Waals surface area contributed by atoms with Crippen molar-refractivity contribution in [2.24, 2.45) is 11.8 Å². The van der Waals surface area contributed by atoms with Gasteiger partial charge in [-0.25, -0.2) is 9.18 Å². The fourth-order valence-electron chi connectivity index (χ4n) is 3.30. The van der Waals surface area contributed by atoms with Crippen molar-refractivity contribution in [1.29, 1.82) is 0 Å². The number of halogens is 2. The molecular weight excluding hydrogens is 294 g/mol. The molecule has 1 N–H and O–H groups in total. The quantitative estimate of drug-likeness (QED) is 0.927. The van der Waals surface area contributed by atoms with Crippen molar-refractivity contribution in [2.75, 3.05) is 7.11 Å². The van der Waals surface area contributed by atoms with Crippen LogP contribution in [0.2, 0.25) is 0 Å². The fourth-order valence-corrected chi connectivity index (χ4v) is 3.30. The summed E-state index contributed by atoms with van der Waals surface area (Å²) in [6, 6.07) is 2.36. The Morgan fingerprint density at radius 2 is 2.00 bits per heavy atom. The summed E-state index contributed by atoms with van der Waals surface area (Å²) in [5.74, 6) is -4.17. The lowest BCUT2D eigenvalue weighted by molar-refractivity contribution is -0.151. The number of rotatable bonds is 4. The van der Waals surface area contributed by atoms with E-state index >= 15 is 0 Å². The second kappa shape index (κ2) is 6.20. The van der Waals surface area contributed by atoms with Crippen LogP contribution in [-0.4, -0.2) is 30.4 Å². The Balaban J connectivity index is 2.53. The van der Waals surface area contributed by atoms with Gasteiger partial charge < -0.3 is 14.6 Å². The number of carbonyl (C=O) groups is 1. The zero-order chi connectivity index (χ0) is 16.6. The average Bonchev–Trinajstić information content (AvgIpc) is 2.79. The van der Waals surface area contributed by atoms with E-state index in [0.717, 1.165) is 6.07 Å². The summed E-state index contributed by atoms with van der Waals surface area (Å²) in [5.41, 5.74) is 0.324. The number of hydrogen-bond acceptors (Lipinski definition) is 3. The summed E-state index contributed by atoms with van der Waals surface area (Å²) < 4.78 is 38.0. The van der Waals surface area contributed by atoms with E-state index in [-0.39, 0.29) is 23.7 Å². The number of methoxy groups -OCH3 is 1. The number of hydrogen-bond donors (Lipinski definition) is 1. The summed E-state index contributed by atoms with van der Waals surface area (Å²) >= 11 is 0. The van der Waals surface area contributed by atoms with Crippen molar-refractivity contribution in [3.8, 4) is 5.75 Å². The van der Waals surface area contributed by atoms with Crippen LogP contribution in [0.3, 0.4) is 0 Å². The minimum atomic E-state index is -1.12. The third-order valence-corrected chi connectivity index (χ3v) is 4.26. The molecule has 1 aromatic carbocycles. The molecule has 1 aromatic rings. The molecule has 1 aliphatic rings. The molecule has 0 aliphatic carbocycles. The Morgan fingerprint density at radius 1 is 1.36 bits per heavy atom. The monoisotopic (exact) mass is 314 g/mol. The van der Waals surface area contributed by atoms with E-state index in [2.05, 4.69) is 0 Å². The van der Waals surface area contributed by atoms with E-state index < -0.39 is 29.6 Å². The van der Waals surface area contributed by atoms with Crippen LogP contribution in [-0.2, 0) is 9.53 Å². The van der Waals surface area contributed by atoms with Gasteiger partial charge in [-0.05, 0) is 17.9 Å². The molecule has 1 heterocycles. The molecule has 0 amide bonds. The van der Waals surface area contributed by atoms with Crippen LogP contribution in [0.25, 0.3) is 0 Å². The molecule has 4 nitrogen and oxygen atoms in total. The zero-order valence-electron chi connectivity index (χ0n) is 13.0. The molecule has 1 fully saturated rings. The van der Waals surface area contributed by atoms with Crippen molar-refractivity contribution in [3.05, 3.63) is 29.3 Å². The smallest absolute Gasteiger partial charge is 0.333 e. The molecule has 0 bridgehead atoms. The molecule has 4 unspecified atom stereocenters. The van der Waals surface area contributed by atoms with Gasteiger partial charge in [-0.3, -0.25) is 0 Å². The molecule has 122 valence electrons. The van der Waals surface area contributed by atoms with Crippen LogP contribution in [0, 0.1) is 23.5 Å². The van der Waals surface area contributed by atoms with E-state index in [4.69, 9.17) is 9.47 Å². The van der Waals surface area contributed by atoms with Crippen molar-refractivity contribution >= 4 is 5.97 Å². The van der Waals surface area contributed by atoms with E-state index in [0.29, 0.717) is 5.56 Å². The Bertz CT molecular complexity index is 574. The van der Waals surface area contributed by atoms with Crippen molar-refractivity contribution in [2.45, 2.75) is 38.9 Å². The minimum absolute atomic E-state index is 0.109. The van der Waals surface area contributed by atoms with Gasteiger partial charge >= 0.3 is 5.97 Å². The first-order valence-electron chi connectivity index (χ1n) is 7.19. The first-order chi connectivity index (χ1) is 10.3. The molecular formula is C16H20F2O4. The van der Waals surface area contributed by atoms with Gasteiger partial charge in [-0.1, -0.05) is 26.8 Å². The van der Waals surface area contributed by atoms with Gasteiger partial charge in [0.25, 0.3) is 0 Å². The van der Waals surface area contributed by atoms with Crippen molar-refractivity contribution in [1.82, 2.24) is 0 Å². The minimum Gasteiger partial charge on any atom is -0.493 e. The van der Waals surface area contributed by atoms with Crippen molar-refractivity contribution in [3.63, 3.8) is 0 Å². The largest absolute Gasteiger partial charge is 0.493 e. The summed E-state index contributed by atoms with van der Waals surface area (Å²) in [6.07, 6.45) is -1.38. The topological polar surface area (TPSA) is 55.8 Å². The van der Waals surface area contributed by atoms with Gasteiger partial charge in [0, 0.05) is 11.5 Å². The van der Waals surface area contributed by atoms with Gasteiger partial charge in [0.2, 0.25) is 5.82 Å². The van der Waals surface area contributed by atoms with Crippen molar-refractivity contribution < 1.29 is 28.2 Å². The zero-order valence-corrected chi connectivity index (χ0v) is 13.0. The Labute approximate surface area is 128 Å². The highest BCUT2D eigenvalue weighted by molar-refractivity contribution is 5.75. The van der Waals surface area contributed by atoms with Crippen LogP contribution < -0.4 is 4.74 Å². The number of carboxylic acids is 1. The summed E-state index contributed by atoms with van der Waals surface area (Å²) in [4.78, 5) is 11.5. The highest BCUT2D eigenvalue weighted by Gasteiger charge is 2.48. The maximum absolute atomic E-state index is 13.9. The lowest BCUT2D eigenvalue weighted by Gasteiger charge is -2.23. The van der Waals surface area contributed by atoms with Gasteiger partial charge in [0.15, 0.2) is 17.7 Å². The van der Waals surface area contributed by atoms with Gasteiger partial charge in [-0.2, -0.15) is 4.39 Å². The molecule has 4 atom stereocenters. The SMILES string of the molecule is COc1c(C2C(C(=O)O)OC(C(C)C)C2C)ccc(F)c1F. The fraction of sp³-hybridized carbons (Fsp3) is 0.562. The predicted octanol–water partition coefficient (Wildman–Crippen LogP) is 3.20. The maximum Gasteiger partial charge on any atom is 0.333 e. The molecule has 0 radical (unpaired) electrons. The summed E-state index contributed by atoms with van der Waals surface area (Å²) in [5, 5.41) is 9.42. The second-order valence-corrected chi connectivity index (χ2v) is 5.97. The Kier molecular flexibility index (Phi) is 4.70. The van der Waals surface area contributed by atoms with Gasteiger partial charge in [0.1, 0.15) is 0 Å². The molecule has 22 heavy (non-hydrogen) atoms. The number of ether oxygens (including phenoxy) is 2. The first kappa shape index (κ1) is 16.7. The van der Waals surface area contributed by atoms with Crippen LogP contribution in [0.5, 0.6) is 5.75 Å². The van der Waals surface area contributed by atoms with Gasteiger partial charge in [-0.15, -0.1) is 0 Å². The molecule has 6 heteroatoms. The van der Waals surface area contributed by atoms with Gasteiger partial charge in [0.05, 0.1) is 13.2 Å². The van der Waals surface area contributed by atoms with Crippen LogP contribution in [0.1, 0.15) is 32.3 Å². The number of benzene rings is 1. The number of aliphatic carboxylic acids is 1. The summed E-state index contributed by atoms with van der Waals surface area (Å²) in [7, 11) is 1.23. The van der Waals surface area contributed by atoms with E-state index in [1.165, 1.54) is 13.2 Å². The third kappa shape index (κ3) is 2.67. The van der Waals surface area contributed by atoms with E-state index in [1.54, 1.807) is 0 Å². The molecule has 0 spiro atoms. The average molecular weight is 314 g/mol. The normalized spacial score (nSPS) is 28.1. The molecule has 1 aliphatic heterocycles. The Hall–Kier alpha value is -1.69. The molecule has 0 aromatic heterocycles. The highest BCUT2D eigenvalue weighted by atomic mass is 19.2. The standard InChI is InChI=1S/C16H20F2O4/c1-7(2)13-8(3)11(15(22-13)16(19)20)9-5-6-10(17)12(18)14(9)21-4/h5-8,11,13,15H,1-4H3,(H,19,20). The lowest BCUT2D eigenvalue weighted by atomic mass is 9.80. The van der Waals surface area contributed by atoms with Crippen LogP contribution in [0.15, 0.2) is 12.1 Å². The second-order valence-electron chi connectivity index (χ2n) is 5.97. The Morgan fingerprint density at radius 3 is 2.50 bits per heavy atom. The molecule has 2 rings (SSSR count). The van der Waals surface area contributed by atoms with E-state index in [9.17, 15) is 18.7 Å². The van der Waals surface area contributed by atoms with Crippen LogP contribution >= 0.6 is 0 Å². The maximum atomic E-state index is 13.9.